The standard InChI is InChI=1S/C14H19NO3/c15-9-14(5-1-2-6-14)12-10(16)3-4-11-13(12)18-8-7-17-11/h3-4,16H,1-2,5-9,15H2. The number of aromatic hydroxyl groups is 1. The second-order valence-electron chi connectivity index (χ2n) is 5.18. The van der Waals surface area contributed by atoms with Crippen molar-refractivity contribution in [3.63, 3.8) is 0 Å². The molecule has 4 heteroatoms. The summed E-state index contributed by atoms with van der Waals surface area (Å²) in [6, 6.07) is 3.46. The Balaban J connectivity index is 2.15. The molecule has 1 fully saturated rings. The number of phenolic OH excluding ortho intramolecular Hbond substituents is 1. The highest BCUT2D eigenvalue weighted by molar-refractivity contribution is 5.58. The fraction of sp³-hybridized carbons (Fsp3) is 0.571. The van der Waals surface area contributed by atoms with Crippen LogP contribution >= 0.6 is 0 Å². The second kappa shape index (κ2) is 4.35. The molecule has 0 saturated heterocycles. The van der Waals surface area contributed by atoms with Gasteiger partial charge < -0.3 is 20.3 Å². The van der Waals surface area contributed by atoms with Crippen LogP contribution in [0.4, 0.5) is 0 Å². The minimum atomic E-state index is -0.143. The van der Waals surface area contributed by atoms with Crippen molar-refractivity contribution < 1.29 is 14.6 Å². The van der Waals surface area contributed by atoms with Gasteiger partial charge in [-0.25, -0.2) is 0 Å². The highest BCUT2D eigenvalue weighted by atomic mass is 16.6. The molecule has 0 radical (unpaired) electrons. The Labute approximate surface area is 107 Å². The van der Waals surface area contributed by atoms with E-state index in [1.165, 1.54) is 0 Å². The van der Waals surface area contributed by atoms with E-state index >= 15 is 0 Å². The predicted molar refractivity (Wildman–Crippen MR) is 68.3 cm³/mol. The maximum absolute atomic E-state index is 10.2. The van der Waals surface area contributed by atoms with Gasteiger partial charge in [0.1, 0.15) is 19.0 Å². The van der Waals surface area contributed by atoms with Gasteiger partial charge >= 0.3 is 0 Å². The van der Waals surface area contributed by atoms with Crippen LogP contribution in [0.5, 0.6) is 17.2 Å². The molecule has 1 saturated carbocycles. The molecule has 1 heterocycles. The summed E-state index contributed by atoms with van der Waals surface area (Å²) in [5, 5.41) is 10.2. The summed E-state index contributed by atoms with van der Waals surface area (Å²) in [5.41, 5.74) is 6.71. The fourth-order valence-corrected chi connectivity index (χ4v) is 3.23. The summed E-state index contributed by atoms with van der Waals surface area (Å²) in [7, 11) is 0. The van der Waals surface area contributed by atoms with E-state index in [9.17, 15) is 5.11 Å². The fourth-order valence-electron chi connectivity index (χ4n) is 3.23. The molecule has 1 aliphatic carbocycles. The lowest BCUT2D eigenvalue weighted by molar-refractivity contribution is 0.165. The Kier molecular flexibility index (Phi) is 2.82. The van der Waals surface area contributed by atoms with Crippen LogP contribution in [0.2, 0.25) is 0 Å². The smallest absolute Gasteiger partial charge is 0.168 e. The molecule has 0 atom stereocenters. The molecule has 1 aromatic carbocycles. The van der Waals surface area contributed by atoms with Crippen molar-refractivity contribution in [3.05, 3.63) is 17.7 Å². The molecule has 3 rings (SSSR count). The first-order chi connectivity index (χ1) is 8.77. The molecule has 1 aromatic rings. The largest absolute Gasteiger partial charge is 0.508 e. The van der Waals surface area contributed by atoms with Crippen LogP contribution in [-0.2, 0) is 5.41 Å². The van der Waals surface area contributed by atoms with Gasteiger partial charge in [0, 0.05) is 17.5 Å². The topological polar surface area (TPSA) is 64.7 Å². The first kappa shape index (κ1) is 11.7. The number of nitrogens with two attached hydrogens (primary N) is 1. The third-order valence-corrected chi connectivity index (χ3v) is 4.17. The van der Waals surface area contributed by atoms with Crippen molar-refractivity contribution in [2.45, 2.75) is 31.1 Å². The van der Waals surface area contributed by atoms with Gasteiger partial charge in [0.05, 0.1) is 0 Å². The zero-order chi connectivity index (χ0) is 12.6. The Hall–Kier alpha value is -1.42. The van der Waals surface area contributed by atoms with E-state index < -0.39 is 0 Å². The number of phenols is 1. The minimum Gasteiger partial charge on any atom is -0.508 e. The molecular weight excluding hydrogens is 230 g/mol. The molecule has 2 aliphatic rings. The van der Waals surface area contributed by atoms with Gasteiger partial charge in [0.2, 0.25) is 0 Å². The number of fused-ring (bicyclic) bond motifs is 1. The Morgan fingerprint density at radius 2 is 1.89 bits per heavy atom. The zero-order valence-corrected chi connectivity index (χ0v) is 10.4. The molecule has 98 valence electrons. The van der Waals surface area contributed by atoms with Crippen molar-refractivity contribution >= 4 is 0 Å². The van der Waals surface area contributed by atoms with Crippen molar-refractivity contribution in [1.29, 1.82) is 0 Å². The number of hydrogen-bond donors (Lipinski definition) is 2. The summed E-state index contributed by atoms with van der Waals surface area (Å²) < 4.78 is 11.3. The third-order valence-electron chi connectivity index (χ3n) is 4.17. The maximum Gasteiger partial charge on any atom is 0.168 e. The highest BCUT2D eigenvalue weighted by Gasteiger charge is 2.40. The summed E-state index contributed by atoms with van der Waals surface area (Å²) in [6.07, 6.45) is 4.33. The van der Waals surface area contributed by atoms with E-state index in [0.29, 0.717) is 25.5 Å². The van der Waals surface area contributed by atoms with E-state index in [-0.39, 0.29) is 11.2 Å². The normalized spacial score (nSPS) is 20.9. The van der Waals surface area contributed by atoms with Crippen molar-refractivity contribution in [1.82, 2.24) is 0 Å². The number of ether oxygens (including phenoxy) is 2. The molecule has 1 aliphatic heterocycles. The molecule has 4 nitrogen and oxygen atoms in total. The van der Waals surface area contributed by atoms with Gasteiger partial charge in [0.15, 0.2) is 11.5 Å². The Morgan fingerprint density at radius 3 is 2.61 bits per heavy atom. The van der Waals surface area contributed by atoms with Crippen LogP contribution in [0.25, 0.3) is 0 Å². The molecular formula is C14H19NO3. The Bertz CT molecular complexity index is 453. The Morgan fingerprint density at radius 1 is 1.17 bits per heavy atom. The lowest BCUT2D eigenvalue weighted by Crippen LogP contribution is -2.33. The van der Waals surface area contributed by atoms with Crippen LogP contribution in [-0.4, -0.2) is 24.9 Å². The van der Waals surface area contributed by atoms with Gasteiger partial charge in [-0.2, -0.15) is 0 Å². The van der Waals surface area contributed by atoms with Crippen LogP contribution in [0.3, 0.4) is 0 Å². The van der Waals surface area contributed by atoms with Gasteiger partial charge in [-0.1, -0.05) is 12.8 Å². The van der Waals surface area contributed by atoms with Crippen LogP contribution in [0.15, 0.2) is 12.1 Å². The van der Waals surface area contributed by atoms with E-state index in [1.54, 1.807) is 12.1 Å². The quantitative estimate of drug-likeness (QED) is 0.840. The van der Waals surface area contributed by atoms with Crippen molar-refractivity contribution in [3.8, 4) is 17.2 Å². The van der Waals surface area contributed by atoms with Gasteiger partial charge in [-0.05, 0) is 25.0 Å². The number of benzene rings is 1. The summed E-state index contributed by atoms with van der Waals surface area (Å²) in [6.45, 7) is 1.64. The van der Waals surface area contributed by atoms with Crippen molar-refractivity contribution in [2.75, 3.05) is 19.8 Å². The minimum absolute atomic E-state index is 0.143. The van der Waals surface area contributed by atoms with Gasteiger partial charge in [0.25, 0.3) is 0 Å². The van der Waals surface area contributed by atoms with Gasteiger partial charge in [-0.15, -0.1) is 0 Å². The number of hydrogen-bond acceptors (Lipinski definition) is 4. The molecule has 3 N–H and O–H groups in total. The predicted octanol–water partition coefficient (Wildman–Crippen LogP) is 1.93. The van der Waals surface area contributed by atoms with Crippen LogP contribution in [0.1, 0.15) is 31.2 Å². The first-order valence-corrected chi connectivity index (χ1v) is 6.59. The lowest BCUT2D eigenvalue weighted by Gasteiger charge is -2.32. The maximum atomic E-state index is 10.2. The summed E-state index contributed by atoms with van der Waals surface area (Å²) in [4.78, 5) is 0. The molecule has 0 spiro atoms. The van der Waals surface area contributed by atoms with E-state index in [2.05, 4.69) is 0 Å². The van der Waals surface area contributed by atoms with E-state index in [1.807, 2.05) is 0 Å². The average molecular weight is 249 g/mol. The van der Waals surface area contributed by atoms with Gasteiger partial charge in [-0.3, -0.25) is 0 Å². The number of rotatable bonds is 2. The lowest BCUT2D eigenvalue weighted by atomic mass is 9.77. The first-order valence-electron chi connectivity index (χ1n) is 6.59. The second-order valence-corrected chi connectivity index (χ2v) is 5.18. The van der Waals surface area contributed by atoms with Crippen molar-refractivity contribution in [2.24, 2.45) is 5.73 Å². The monoisotopic (exact) mass is 249 g/mol. The van der Waals surface area contributed by atoms with Crippen LogP contribution in [0, 0.1) is 0 Å². The molecule has 0 amide bonds. The SMILES string of the molecule is NCC1(c2c(O)ccc3c2OCCO3)CCCC1. The van der Waals surface area contributed by atoms with E-state index in [4.69, 9.17) is 15.2 Å². The summed E-state index contributed by atoms with van der Waals surface area (Å²) in [5.74, 6) is 1.72. The molecule has 18 heavy (non-hydrogen) atoms. The molecule has 0 bridgehead atoms. The van der Waals surface area contributed by atoms with Crippen LogP contribution < -0.4 is 15.2 Å². The molecule has 0 aromatic heterocycles. The summed E-state index contributed by atoms with van der Waals surface area (Å²) >= 11 is 0. The highest BCUT2D eigenvalue weighted by Crippen LogP contribution is 2.51. The molecule has 0 unspecified atom stereocenters. The third kappa shape index (κ3) is 1.63. The average Bonchev–Trinajstić information content (AvgIpc) is 2.88. The zero-order valence-electron chi connectivity index (χ0n) is 10.4. The van der Waals surface area contributed by atoms with E-state index in [0.717, 1.165) is 37.0 Å².